The van der Waals surface area contributed by atoms with Gasteiger partial charge in [-0.15, -0.1) is 0 Å². The summed E-state index contributed by atoms with van der Waals surface area (Å²) in [6, 6.07) is 11.7. The molecule has 0 spiro atoms. The van der Waals surface area contributed by atoms with Crippen LogP contribution in [0.4, 0.5) is 0 Å². The smallest absolute Gasteiger partial charge is 0.295 e. The van der Waals surface area contributed by atoms with Crippen LogP contribution in [0.5, 0.6) is 11.5 Å². The molecule has 1 unspecified atom stereocenters. The van der Waals surface area contributed by atoms with Crippen LogP contribution in [0.15, 0.2) is 48.0 Å². The molecule has 1 amide bonds. The lowest BCUT2D eigenvalue weighted by Gasteiger charge is -2.27. The van der Waals surface area contributed by atoms with Gasteiger partial charge in [0, 0.05) is 31.4 Å². The molecule has 7 nitrogen and oxygen atoms in total. The van der Waals surface area contributed by atoms with Crippen LogP contribution in [0.25, 0.3) is 5.76 Å². The number of benzene rings is 2. The highest BCUT2D eigenvalue weighted by atomic mass is 16.5. The van der Waals surface area contributed by atoms with Crippen molar-refractivity contribution in [1.82, 2.24) is 4.90 Å². The van der Waals surface area contributed by atoms with Crippen LogP contribution in [0.1, 0.15) is 36.1 Å². The molecule has 3 rings (SSSR count). The van der Waals surface area contributed by atoms with Gasteiger partial charge in [0.2, 0.25) is 0 Å². The third-order valence-electron chi connectivity index (χ3n) is 5.49. The molecule has 0 radical (unpaired) electrons. The molecule has 2 aromatic carbocycles. The summed E-state index contributed by atoms with van der Waals surface area (Å²) in [4.78, 5) is 27.6. The first-order valence-corrected chi connectivity index (χ1v) is 10.6. The Hall–Kier alpha value is -3.32. The minimum Gasteiger partial charge on any atom is -0.507 e. The largest absolute Gasteiger partial charge is 0.507 e. The number of para-hydroxylation sites is 1. The van der Waals surface area contributed by atoms with E-state index in [4.69, 9.17) is 14.2 Å². The highest BCUT2D eigenvalue weighted by molar-refractivity contribution is 6.46. The molecule has 1 N–H and O–H groups in total. The summed E-state index contributed by atoms with van der Waals surface area (Å²) in [5, 5.41) is 11.3. The molecule has 1 aliphatic rings. The van der Waals surface area contributed by atoms with E-state index >= 15 is 0 Å². The first-order valence-electron chi connectivity index (χ1n) is 10.6. The van der Waals surface area contributed by atoms with Gasteiger partial charge in [-0.05, 0) is 50.1 Å². The Kier molecular flexibility index (Phi) is 7.53. The van der Waals surface area contributed by atoms with Crippen molar-refractivity contribution in [3.8, 4) is 11.5 Å². The molecule has 2 aromatic rings. The lowest BCUT2D eigenvalue weighted by Crippen LogP contribution is -2.31. The number of rotatable bonds is 9. The fraction of sp³-hybridized carbons (Fsp3) is 0.360. The normalized spacial score (nSPS) is 17.6. The van der Waals surface area contributed by atoms with Crippen LogP contribution < -0.4 is 9.47 Å². The van der Waals surface area contributed by atoms with Crippen LogP contribution in [-0.4, -0.2) is 55.7 Å². The van der Waals surface area contributed by atoms with Crippen LogP contribution in [0.3, 0.4) is 0 Å². The summed E-state index contributed by atoms with van der Waals surface area (Å²) in [6.07, 6.45) is 0.554. The van der Waals surface area contributed by atoms with E-state index in [0.29, 0.717) is 48.8 Å². The monoisotopic (exact) mass is 439 g/mol. The molecule has 1 heterocycles. The van der Waals surface area contributed by atoms with E-state index in [9.17, 15) is 14.7 Å². The van der Waals surface area contributed by atoms with Crippen molar-refractivity contribution in [1.29, 1.82) is 0 Å². The number of amides is 1. The summed E-state index contributed by atoms with van der Waals surface area (Å²) in [7, 11) is 3.15. The molecule has 1 atom stereocenters. The number of ketones is 1. The molecule has 0 aliphatic carbocycles. The van der Waals surface area contributed by atoms with Crippen LogP contribution in [0, 0.1) is 6.92 Å². The zero-order valence-corrected chi connectivity index (χ0v) is 18.9. The molecule has 1 aliphatic heterocycles. The first kappa shape index (κ1) is 23.3. The van der Waals surface area contributed by atoms with Gasteiger partial charge in [-0.1, -0.05) is 18.2 Å². The molecular formula is C25H29NO6. The molecule has 0 saturated carbocycles. The van der Waals surface area contributed by atoms with Crippen LogP contribution >= 0.6 is 0 Å². The fourth-order valence-corrected chi connectivity index (χ4v) is 3.98. The van der Waals surface area contributed by atoms with E-state index in [-0.39, 0.29) is 11.3 Å². The topological polar surface area (TPSA) is 85.3 Å². The summed E-state index contributed by atoms with van der Waals surface area (Å²) < 4.78 is 16.2. The van der Waals surface area contributed by atoms with Crippen molar-refractivity contribution >= 4 is 17.4 Å². The summed E-state index contributed by atoms with van der Waals surface area (Å²) in [6.45, 7) is 4.86. The number of aryl methyl sites for hydroxylation is 1. The maximum absolute atomic E-state index is 13.1. The minimum atomic E-state index is -0.767. The number of likely N-dealkylation sites (tertiary alicyclic amines) is 1. The number of hydrogen-bond acceptors (Lipinski definition) is 6. The SMILES string of the molecule is CCOc1ccccc1C1C(=C(O)c2ccc(OC)cc2C)C(=O)C(=O)N1CCCOC. The minimum absolute atomic E-state index is 0.0489. The molecule has 0 aromatic heterocycles. The van der Waals surface area contributed by atoms with Crippen LogP contribution in [-0.2, 0) is 14.3 Å². The second-order valence-electron chi connectivity index (χ2n) is 7.49. The van der Waals surface area contributed by atoms with Gasteiger partial charge in [0.1, 0.15) is 17.3 Å². The lowest BCUT2D eigenvalue weighted by atomic mass is 9.93. The Morgan fingerprint density at radius 1 is 1.12 bits per heavy atom. The Labute approximate surface area is 188 Å². The summed E-state index contributed by atoms with van der Waals surface area (Å²) in [5.41, 5.74) is 1.90. The lowest BCUT2D eigenvalue weighted by molar-refractivity contribution is -0.140. The molecule has 32 heavy (non-hydrogen) atoms. The van der Waals surface area contributed by atoms with Crippen molar-refractivity contribution < 1.29 is 28.9 Å². The zero-order chi connectivity index (χ0) is 23.3. The second kappa shape index (κ2) is 10.3. The summed E-state index contributed by atoms with van der Waals surface area (Å²) in [5.74, 6) is -0.376. The van der Waals surface area contributed by atoms with Gasteiger partial charge in [0.25, 0.3) is 11.7 Å². The highest BCUT2D eigenvalue weighted by Crippen LogP contribution is 2.43. The number of aliphatic hydroxyl groups is 1. The average Bonchev–Trinajstić information content (AvgIpc) is 3.04. The van der Waals surface area contributed by atoms with Gasteiger partial charge in [-0.25, -0.2) is 0 Å². The van der Waals surface area contributed by atoms with Crippen molar-refractivity contribution in [2.24, 2.45) is 0 Å². The molecule has 0 bridgehead atoms. The van der Waals surface area contributed by atoms with E-state index < -0.39 is 17.7 Å². The summed E-state index contributed by atoms with van der Waals surface area (Å²) >= 11 is 0. The molecule has 7 heteroatoms. The zero-order valence-electron chi connectivity index (χ0n) is 18.9. The number of methoxy groups -OCH3 is 2. The maximum Gasteiger partial charge on any atom is 0.295 e. The number of hydrogen-bond donors (Lipinski definition) is 1. The molecule has 1 fully saturated rings. The van der Waals surface area contributed by atoms with Gasteiger partial charge in [0.05, 0.1) is 25.3 Å². The number of ether oxygens (including phenoxy) is 3. The van der Waals surface area contributed by atoms with Gasteiger partial charge in [-0.2, -0.15) is 0 Å². The Bertz CT molecular complexity index is 1030. The number of carbonyl (C=O) groups excluding carboxylic acids is 2. The van der Waals surface area contributed by atoms with Crippen molar-refractivity contribution in [3.05, 3.63) is 64.7 Å². The number of aliphatic hydroxyl groups excluding tert-OH is 1. The van der Waals surface area contributed by atoms with Crippen molar-refractivity contribution in [3.63, 3.8) is 0 Å². The second-order valence-corrected chi connectivity index (χ2v) is 7.49. The van der Waals surface area contributed by atoms with Crippen LogP contribution in [0.2, 0.25) is 0 Å². The van der Waals surface area contributed by atoms with E-state index in [1.807, 2.05) is 32.0 Å². The molecule has 170 valence electrons. The number of nitrogens with zero attached hydrogens (tertiary/aromatic N) is 1. The third kappa shape index (κ3) is 4.48. The third-order valence-corrected chi connectivity index (χ3v) is 5.49. The molecule has 1 saturated heterocycles. The van der Waals surface area contributed by atoms with E-state index in [0.717, 1.165) is 5.56 Å². The van der Waals surface area contributed by atoms with E-state index in [1.165, 1.54) is 4.90 Å². The maximum atomic E-state index is 13.1. The van der Waals surface area contributed by atoms with E-state index in [2.05, 4.69) is 0 Å². The van der Waals surface area contributed by atoms with Gasteiger partial charge in [-0.3, -0.25) is 9.59 Å². The predicted octanol–water partition coefficient (Wildman–Crippen LogP) is 3.86. The Morgan fingerprint density at radius 2 is 1.88 bits per heavy atom. The van der Waals surface area contributed by atoms with Gasteiger partial charge >= 0.3 is 0 Å². The van der Waals surface area contributed by atoms with Crippen molar-refractivity contribution in [2.75, 3.05) is 34.0 Å². The Balaban J connectivity index is 2.19. The predicted molar refractivity (Wildman–Crippen MR) is 121 cm³/mol. The standard InChI is InChI=1S/C25H29NO6/c1-5-32-20-10-7-6-9-19(20)22-21(24(28)25(29)26(22)13-8-14-30-3)23(27)18-12-11-17(31-4)15-16(18)2/h6-7,9-12,15,22,27H,5,8,13-14H2,1-4H3. The van der Waals surface area contributed by atoms with E-state index in [1.54, 1.807) is 38.5 Å². The van der Waals surface area contributed by atoms with Crippen molar-refractivity contribution in [2.45, 2.75) is 26.3 Å². The van der Waals surface area contributed by atoms with Gasteiger partial charge < -0.3 is 24.2 Å². The number of Topliss-reactive ketones (excluding diaryl/α,β-unsaturated/α-hetero) is 1. The first-order chi connectivity index (χ1) is 15.4. The Morgan fingerprint density at radius 3 is 2.53 bits per heavy atom. The quantitative estimate of drug-likeness (QED) is 0.276. The average molecular weight is 440 g/mol. The highest BCUT2D eigenvalue weighted by Gasteiger charge is 2.46. The fourth-order valence-electron chi connectivity index (χ4n) is 3.98. The van der Waals surface area contributed by atoms with Gasteiger partial charge in [0.15, 0.2) is 0 Å². The number of carbonyl (C=O) groups is 2. The molecular weight excluding hydrogens is 410 g/mol.